The molecule has 23 heavy (non-hydrogen) atoms. The first-order chi connectivity index (χ1) is 10.5. The summed E-state index contributed by atoms with van der Waals surface area (Å²) in [7, 11) is 0. The maximum absolute atomic E-state index is 13.9. The highest BCUT2D eigenvalue weighted by molar-refractivity contribution is 6.32. The largest absolute Gasteiger partial charge is 0.347 e. The second-order valence-electron chi connectivity index (χ2n) is 6.06. The van der Waals surface area contributed by atoms with Crippen molar-refractivity contribution in [2.45, 2.75) is 38.9 Å². The van der Waals surface area contributed by atoms with Crippen LogP contribution in [0.1, 0.15) is 26.1 Å². The fourth-order valence-electron chi connectivity index (χ4n) is 2.62. The molecule has 2 aromatic heterocycles. The molecule has 1 aliphatic heterocycles. The van der Waals surface area contributed by atoms with E-state index in [1.165, 1.54) is 0 Å². The number of hydrogen-bond donors (Lipinski definition) is 2. The van der Waals surface area contributed by atoms with Crippen LogP contribution < -0.4 is 10.6 Å². The lowest BCUT2D eigenvalue weighted by molar-refractivity contribution is 0.244. The highest BCUT2D eigenvalue weighted by Crippen LogP contribution is 2.20. The Morgan fingerprint density at radius 3 is 3.00 bits per heavy atom. The van der Waals surface area contributed by atoms with Gasteiger partial charge in [-0.05, 0) is 18.9 Å². The van der Waals surface area contributed by atoms with Crippen molar-refractivity contribution < 1.29 is 4.39 Å². The average Bonchev–Trinajstić information content (AvgIpc) is 2.77. The summed E-state index contributed by atoms with van der Waals surface area (Å²) in [5, 5.41) is 10.9. The Balaban J connectivity index is 0.00000192. The smallest absolute Gasteiger partial charge is 0.241 e. The van der Waals surface area contributed by atoms with Gasteiger partial charge in [-0.15, -0.1) is 17.5 Å². The predicted molar refractivity (Wildman–Crippen MR) is 91.4 cm³/mol. The van der Waals surface area contributed by atoms with Crippen molar-refractivity contribution >= 4 is 35.5 Å². The van der Waals surface area contributed by atoms with Crippen LogP contribution in [-0.2, 0) is 6.42 Å². The van der Waals surface area contributed by atoms with Crippen LogP contribution in [0.4, 0.5) is 10.3 Å². The lowest BCUT2D eigenvalue weighted by Gasteiger charge is -2.27. The third-order valence-electron chi connectivity index (χ3n) is 3.73. The zero-order chi connectivity index (χ0) is 15.7. The zero-order valence-electron chi connectivity index (χ0n) is 13.1. The third-order valence-corrected chi connectivity index (χ3v) is 4.01. The van der Waals surface area contributed by atoms with Gasteiger partial charge in [-0.3, -0.25) is 0 Å². The van der Waals surface area contributed by atoms with Crippen LogP contribution >= 0.6 is 24.0 Å². The van der Waals surface area contributed by atoms with Gasteiger partial charge >= 0.3 is 0 Å². The average molecular weight is 363 g/mol. The van der Waals surface area contributed by atoms with Crippen molar-refractivity contribution in [3.8, 4) is 0 Å². The molecule has 0 aromatic carbocycles. The maximum atomic E-state index is 13.9. The topological polar surface area (TPSA) is 67.1 Å². The van der Waals surface area contributed by atoms with Crippen LogP contribution in [-0.4, -0.2) is 44.9 Å². The molecule has 9 heteroatoms. The summed E-state index contributed by atoms with van der Waals surface area (Å²) in [5.41, 5.74) is 0.671. The van der Waals surface area contributed by atoms with Crippen molar-refractivity contribution in [2.24, 2.45) is 5.92 Å². The Bertz CT molecular complexity index is 662. The molecule has 0 unspecified atom stereocenters. The Hall–Kier alpha value is -1.18. The molecule has 2 N–H and O–H groups in total. The molecule has 3 rings (SSSR count). The van der Waals surface area contributed by atoms with E-state index in [9.17, 15) is 4.39 Å². The number of alkyl halides is 1. The second-order valence-corrected chi connectivity index (χ2v) is 6.41. The van der Waals surface area contributed by atoms with Crippen LogP contribution in [0.2, 0.25) is 5.15 Å². The van der Waals surface area contributed by atoms with E-state index in [1.807, 2.05) is 0 Å². The summed E-state index contributed by atoms with van der Waals surface area (Å²) in [6.45, 7) is 5.36. The van der Waals surface area contributed by atoms with Crippen molar-refractivity contribution in [3.05, 3.63) is 17.2 Å². The molecule has 0 radical (unpaired) electrons. The van der Waals surface area contributed by atoms with E-state index in [2.05, 4.69) is 39.5 Å². The van der Waals surface area contributed by atoms with E-state index in [0.717, 1.165) is 18.8 Å². The number of hydrogen-bond acceptors (Lipinski definition) is 5. The number of piperidine rings is 1. The molecule has 0 saturated carbocycles. The molecule has 6 nitrogen and oxygen atoms in total. The summed E-state index contributed by atoms with van der Waals surface area (Å²) in [4.78, 5) is 8.58. The lowest BCUT2D eigenvalue weighted by Crippen LogP contribution is -2.45. The molecule has 2 aromatic rings. The number of nitrogens with one attached hydrogen (secondary N) is 2. The van der Waals surface area contributed by atoms with Crippen molar-refractivity contribution in [1.82, 2.24) is 24.9 Å². The van der Waals surface area contributed by atoms with Crippen molar-refractivity contribution in [1.29, 1.82) is 0 Å². The summed E-state index contributed by atoms with van der Waals surface area (Å²) in [6, 6.07) is -0.272. The van der Waals surface area contributed by atoms with Gasteiger partial charge in [0.25, 0.3) is 0 Å². The normalized spacial score (nSPS) is 21.4. The SMILES string of the molecule is CC(C)Cc1nc(Cl)c2cnc(N[C@@H]3CCNC[C@@H]3F)nn12.Cl. The summed E-state index contributed by atoms with van der Waals surface area (Å²) >= 11 is 6.13. The number of anilines is 1. The summed E-state index contributed by atoms with van der Waals surface area (Å²) < 4.78 is 15.6. The maximum Gasteiger partial charge on any atom is 0.241 e. The summed E-state index contributed by atoms with van der Waals surface area (Å²) in [5.74, 6) is 1.64. The van der Waals surface area contributed by atoms with Crippen LogP contribution in [0.5, 0.6) is 0 Å². The number of nitrogens with zero attached hydrogens (tertiary/aromatic N) is 4. The Morgan fingerprint density at radius 2 is 2.30 bits per heavy atom. The van der Waals surface area contributed by atoms with Gasteiger partial charge in [-0.2, -0.15) is 0 Å². The Labute approximate surface area is 145 Å². The van der Waals surface area contributed by atoms with Gasteiger partial charge < -0.3 is 10.6 Å². The minimum Gasteiger partial charge on any atom is -0.347 e. The fraction of sp³-hybridized carbons (Fsp3) is 0.643. The number of imidazole rings is 1. The monoisotopic (exact) mass is 362 g/mol. The molecule has 1 aliphatic rings. The molecular formula is C14H21Cl2FN6. The van der Waals surface area contributed by atoms with E-state index in [4.69, 9.17) is 11.6 Å². The number of rotatable bonds is 4. The molecule has 3 heterocycles. The first-order valence-electron chi connectivity index (χ1n) is 7.56. The molecule has 0 aliphatic carbocycles. The number of fused-ring (bicyclic) bond motifs is 1. The lowest BCUT2D eigenvalue weighted by atomic mass is 10.1. The first kappa shape index (κ1) is 18.2. The summed E-state index contributed by atoms with van der Waals surface area (Å²) in [6.07, 6.45) is 2.15. The highest BCUT2D eigenvalue weighted by Gasteiger charge is 2.25. The van der Waals surface area contributed by atoms with Gasteiger partial charge in [0.05, 0.1) is 12.2 Å². The van der Waals surface area contributed by atoms with Gasteiger partial charge in [0.1, 0.15) is 17.5 Å². The van der Waals surface area contributed by atoms with Crippen molar-refractivity contribution in [2.75, 3.05) is 18.4 Å². The molecule has 0 spiro atoms. The first-order valence-corrected chi connectivity index (χ1v) is 7.94. The second kappa shape index (κ2) is 7.59. The van der Waals surface area contributed by atoms with E-state index in [0.29, 0.717) is 35.5 Å². The van der Waals surface area contributed by atoms with Crippen molar-refractivity contribution in [3.63, 3.8) is 0 Å². The van der Waals surface area contributed by atoms with E-state index < -0.39 is 6.17 Å². The van der Waals surface area contributed by atoms with Crippen LogP contribution in [0.15, 0.2) is 6.20 Å². The molecule has 0 amide bonds. The minimum absolute atomic E-state index is 0. The number of aromatic nitrogens is 4. The molecule has 1 fully saturated rings. The minimum atomic E-state index is -0.949. The zero-order valence-corrected chi connectivity index (χ0v) is 14.7. The Kier molecular flexibility index (Phi) is 6.00. The molecule has 1 saturated heterocycles. The van der Waals surface area contributed by atoms with E-state index in [1.54, 1.807) is 10.7 Å². The Morgan fingerprint density at radius 1 is 1.52 bits per heavy atom. The third kappa shape index (κ3) is 4.02. The van der Waals surface area contributed by atoms with Gasteiger partial charge in [-0.1, -0.05) is 25.4 Å². The van der Waals surface area contributed by atoms with Gasteiger partial charge in [-0.25, -0.2) is 18.9 Å². The fourth-order valence-corrected chi connectivity index (χ4v) is 2.85. The molecular weight excluding hydrogens is 342 g/mol. The highest BCUT2D eigenvalue weighted by atomic mass is 35.5. The predicted octanol–water partition coefficient (Wildman–Crippen LogP) is 2.51. The van der Waals surface area contributed by atoms with Gasteiger partial charge in [0, 0.05) is 13.0 Å². The van der Waals surface area contributed by atoms with Crippen LogP contribution in [0.3, 0.4) is 0 Å². The quantitative estimate of drug-likeness (QED) is 0.874. The van der Waals surface area contributed by atoms with Gasteiger partial charge in [0.15, 0.2) is 5.15 Å². The van der Waals surface area contributed by atoms with E-state index >= 15 is 0 Å². The van der Waals surface area contributed by atoms with Crippen LogP contribution in [0.25, 0.3) is 5.52 Å². The number of halogens is 3. The molecule has 128 valence electrons. The van der Waals surface area contributed by atoms with Gasteiger partial charge in [0.2, 0.25) is 5.95 Å². The van der Waals surface area contributed by atoms with Crippen LogP contribution in [0, 0.1) is 5.92 Å². The molecule has 0 bridgehead atoms. The standard InChI is InChI=1S/C14H20ClFN6.ClH/c1-8(2)5-12-20-13(15)11-7-18-14(21-22(11)12)19-10-3-4-17-6-9(10)16;/h7-10,17H,3-6H2,1-2H3,(H,19,21);1H/t9-,10+;/m0./s1. The molecule has 2 atom stereocenters. The van der Waals surface area contributed by atoms with E-state index in [-0.39, 0.29) is 18.4 Å².